The van der Waals surface area contributed by atoms with Crippen LogP contribution in [-0.4, -0.2) is 26.0 Å². The summed E-state index contributed by atoms with van der Waals surface area (Å²) in [4.78, 5) is 25.0. The van der Waals surface area contributed by atoms with Crippen molar-refractivity contribution < 1.29 is 23.8 Å². The zero-order valence-electron chi connectivity index (χ0n) is 17.0. The second kappa shape index (κ2) is 8.62. The Morgan fingerprint density at radius 1 is 0.968 bits per heavy atom. The molecule has 0 aliphatic carbocycles. The molecule has 0 fully saturated rings. The Labute approximate surface area is 179 Å². The van der Waals surface area contributed by atoms with Crippen molar-refractivity contribution in [1.82, 2.24) is 0 Å². The molecule has 4 rings (SSSR count). The molecule has 156 valence electrons. The smallest absolute Gasteiger partial charge is 0.259 e. The Bertz CT molecular complexity index is 1190. The predicted octanol–water partition coefficient (Wildman–Crippen LogP) is 4.71. The van der Waals surface area contributed by atoms with Crippen molar-refractivity contribution in [2.24, 2.45) is 0 Å². The second-order valence-corrected chi connectivity index (χ2v) is 6.70. The average Bonchev–Trinajstić information content (AvgIpc) is 2.93. The van der Waals surface area contributed by atoms with Crippen molar-refractivity contribution >= 4 is 29.3 Å². The fourth-order valence-electron chi connectivity index (χ4n) is 3.15. The summed E-state index contributed by atoms with van der Waals surface area (Å²) in [6.45, 7) is 0. The molecule has 0 unspecified atom stereocenters. The number of hydrogen-bond donors (Lipinski definition) is 2. The van der Waals surface area contributed by atoms with Gasteiger partial charge >= 0.3 is 0 Å². The Balaban J connectivity index is 1.49. The Morgan fingerprint density at radius 3 is 2.58 bits per heavy atom. The van der Waals surface area contributed by atoms with Crippen LogP contribution in [0.2, 0.25) is 0 Å². The largest absolute Gasteiger partial charge is 0.493 e. The van der Waals surface area contributed by atoms with E-state index in [-0.39, 0.29) is 11.8 Å². The van der Waals surface area contributed by atoms with Crippen LogP contribution in [0.15, 0.2) is 66.7 Å². The van der Waals surface area contributed by atoms with Gasteiger partial charge in [-0.15, -0.1) is 0 Å². The third-order valence-electron chi connectivity index (χ3n) is 4.68. The van der Waals surface area contributed by atoms with E-state index in [1.54, 1.807) is 62.8 Å². The van der Waals surface area contributed by atoms with E-state index in [1.807, 2.05) is 18.2 Å². The molecule has 0 saturated carbocycles. The maximum Gasteiger partial charge on any atom is 0.259 e. The zero-order valence-corrected chi connectivity index (χ0v) is 17.0. The minimum Gasteiger partial charge on any atom is -0.493 e. The van der Waals surface area contributed by atoms with Crippen LogP contribution in [-0.2, 0) is 4.79 Å². The van der Waals surface area contributed by atoms with Gasteiger partial charge in [0.2, 0.25) is 5.91 Å². The van der Waals surface area contributed by atoms with Crippen molar-refractivity contribution in [3.05, 3.63) is 77.9 Å². The van der Waals surface area contributed by atoms with Gasteiger partial charge in [0.15, 0.2) is 17.2 Å². The minimum absolute atomic E-state index is 0.308. The van der Waals surface area contributed by atoms with Gasteiger partial charge in [-0.05, 0) is 54.1 Å². The molecule has 0 bridgehead atoms. The van der Waals surface area contributed by atoms with Gasteiger partial charge in [0.1, 0.15) is 5.75 Å². The normalized spacial score (nSPS) is 12.1. The third kappa shape index (κ3) is 4.35. The summed E-state index contributed by atoms with van der Waals surface area (Å²) in [6.07, 6.45) is 3.06. The second-order valence-electron chi connectivity index (χ2n) is 6.70. The number of carbonyl (C=O) groups excluding carboxylic acids is 2. The molecule has 0 saturated heterocycles. The molecular formula is C24H20N2O5. The van der Waals surface area contributed by atoms with Crippen LogP contribution in [0.1, 0.15) is 15.9 Å². The molecule has 3 aromatic rings. The van der Waals surface area contributed by atoms with E-state index in [4.69, 9.17) is 14.2 Å². The number of anilines is 2. The summed E-state index contributed by atoms with van der Waals surface area (Å²) in [6, 6.07) is 17.5. The van der Waals surface area contributed by atoms with Crippen LogP contribution in [0.5, 0.6) is 23.0 Å². The number of nitrogens with one attached hydrogen (secondary N) is 2. The first-order valence-corrected chi connectivity index (χ1v) is 9.51. The summed E-state index contributed by atoms with van der Waals surface area (Å²) < 4.78 is 16.3. The number of hydrogen-bond acceptors (Lipinski definition) is 5. The van der Waals surface area contributed by atoms with Gasteiger partial charge in [0.25, 0.3) is 5.91 Å². The van der Waals surface area contributed by atoms with Crippen LogP contribution in [0.4, 0.5) is 11.4 Å². The Hall–Kier alpha value is -4.26. The lowest BCUT2D eigenvalue weighted by Gasteiger charge is -2.09. The highest BCUT2D eigenvalue weighted by molar-refractivity contribution is 6.09. The zero-order chi connectivity index (χ0) is 21.8. The van der Waals surface area contributed by atoms with Gasteiger partial charge in [0, 0.05) is 11.8 Å². The van der Waals surface area contributed by atoms with Gasteiger partial charge in [-0.25, -0.2) is 0 Å². The van der Waals surface area contributed by atoms with Crippen LogP contribution < -0.4 is 24.8 Å². The van der Waals surface area contributed by atoms with Crippen molar-refractivity contribution in [3.63, 3.8) is 0 Å². The van der Waals surface area contributed by atoms with Crippen molar-refractivity contribution in [2.45, 2.75) is 0 Å². The predicted molar refractivity (Wildman–Crippen MR) is 118 cm³/mol. The lowest BCUT2D eigenvalue weighted by atomic mass is 10.1. The number of ether oxygens (including phenoxy) is 3. The molecule has 7 nitrogen and oxygen atoms in total. The maximum absolute atomic E-state index is 12.6. The van der Waals surface area contributed by atoms with E-state index in [1.165, 1.54) is 6.08 Å². The number of carbonyl (C=O) groups is 2. The van der Waals surface area contributed by atoms with E-state index in [0.717, 1.165) is 5.56 Å². The van der Waals surface area contributed by atoms with Crippen molar-refractivity contribution in [3.8, 4) is 23.0 Å². The summed E-state index contributed by atoms with van der Waals surface area (Å²) >= 11 is 0. The quantitative estimate of drug-likeness (QED) is 0.588. The number of benzene rings is 3. The lowest BCUT2D eigenvalue weighted by molar-refractivity contribution is -0.111. The first kappa shape index (κ1) is 20.0. The Morgan fingerprint density at radius 2 is 1.77 bits per heavy atom. The molecule has 0 radical (unpaired) electrons. The maximum atomic E-state index is 12.6. The number of amides is 2. The SMILES string of the molecule is COc1ccc(/C=C/C(=O)Nc2ccc3c(c2)C(=O)Nc2ccccc2O3)cc1OC. The summed E-state index contributed by atoms with van der Waals surface area (Å²) in [7, 11) is 3.11. The molecule has 3 aromatic carbocycles. The standard InChI is InChI=1S/C24H20N2O5/c1-29-21-10-7-15(13-22(21)30-2)8-12-23(27)25-16-9-11-19-17(14-16)24(28)26-18-5-3-4-6-20(18)31-19/h3-14H,1-2H3,(H,25,27)(H,26,28)/b12-8+. The Kier molecular flexibility index (Phi) is 5.57. The van der Waals surface area contributed by atoms with E-state index in [0.29, 0.717) is 39.9 Å². The lowest BCUT2D eigenvalue weighted by Crippen LogP contribution is -2.12. The molecule has 0 spiro atoms. The molecule has 1 aliphatic heterocycles. The highest BCUT2D eigenvalue weighted by atomic mass is 16.5. The molecule has 1 heterocycles. The molecule has 0 atom stereocenters. The van der Waals surface area contributed by atoms with Gasteiger partial charge < -0.3 is 24.8 Å². The number of para-hydroxylation sites is 2. The van der Waals surface area contributed by atoms with Crippen LogP contribution in [0.3, 0.4) is 0 Å². The molecule has 1 aliphatic rings. The van der Waals surface area contributed by atoms with E-state index in [9.17, 15) is 9.59 Å². The monoisotopic (exact) mass is 416 g/mol. The number of rotatable bonds is 5. The molecule has 2 amide bonds. The minimum atomic E-state index is -0.340. The molecule has 31 heavy (non-hydrogen) atoms. The summed E-state index contributed by atoms with van der Waals surface area (Å²) in [5.41, 5.74) is 2.18. The topological polar surface area (TPSA) is 85.9 Å². The average molecular weight is 416 g/mol. The van der Waals surface area contributed by atoms with Gasteiger partial charge in [-0.1, -0.05) is 18.2 Å². The number of fused-ring (bicyclic) bond motifs is 2. The van der Waals surface area contributed by atoms with E-state index >= 15 is 0 Å². The first-order chi connectivity index (χ1) is 15.1. The summed E-state index contributed by atoms with van der Waals surface area (Å²) in [5.74, 6) is 1.51. The van der Waals surface area contributed by atoms with Crippen LogP contribution >= 0.6 is 0 Å². The van der Waals surface area contributed by atoms with Gasteiger partial charge in [0.05, 0.1) is 25.5 Å². The highest BCUT2D eigenvalue weighted by Crippen LogP contribution is 2.36. The van der Waals surface area contributed by atoms with Crippen LogP contribution in [0.25, 0.3) is 6.08 Å². The fraction of sp³-hybridized carbons (Fsp3) is 0.0833. The van der Waals surface area contributed by atoms with Crippen LogP contribution in [0, 0.1) is 0 Å². The van der Waals surface area contributed by atoms with Crippen molar-refractivity contribution in [1.29, 1.82) is 0 Å². The van der Waals surface area contributed by atoms with Gasteiger partial charge in [-0.2, -0.15) is 0 Å². The number of methoxy groups -OCH3 is 2. The highest BCUT2D eigenvalue weighted by Gasteiger charge is 2.21. The first-order valence-electron chi connectivity index (χ1n) is 9.51. The molecule has 0 aromatic heterocycles. The molecular weight excluding hydrogens is 396 g/mol. The van der Waals surface area contributed by atoms with E-state index in [2.05, 4.69) is 10.6 Å². The van der Waals surface area contributed by atoms with E-state index < -0.39 is 0 Å². The van der Waals surface area contributed by atoms with Crippen molar-refractivity contribution in [2.75, 3.05) is 24.9 Å². The third-order valence-corrected chi connectivity index (χ3v) is 4.68. The molecule has 2 N–H and O–H groups in total. The fourth-order valence-corrected chi connectivity index (χ4v) is 3.15. The molecule has 7 heteroatoms. The summed E-state index contributed by atoms with van der Waals surface area (Å²) in [5, 5.41) is 5.57. The van der Waals surface area contributed by atoms with Gasteiger partial charge in [-0.3, -0.25) is 9.59 Å².